The average molecular weight is 309 g/mol. The fourth-order valence-corrected chi connectivity index (χ4v) is 3.44. The SMILES string of the molecule is O=C(CN1CCSC1=O)N1CCN(Cc2ccco2)CC1. The molecule has 0 bridgehead atoms. The lowest BCUT2D eigenvalue weighted by molar-refractivity contribution is -0.133. The summed E-state index contributed by atoms with van der Waals surface area (Å²) in [5.74, 6) is 1.81. The number of nitrogens with zero attached hydrogens (tertiary/aromatic N) is 3. The van der Waals surface area contributed by atoms with E-state index >= 15 is 0 Å². The Morgan fingerprint density at radius 1 is 1.24 bits per heavy atom. The predicted molar refractivity (Wildman–Crippen MR) is 80.0 cm³/mol. The molecule has 3 heterocycles. The third kappa shape index (κ3) is 3.59. The predicted octanol–water partition coefficient (Wildman–Crippen LogP) is 1.09. The molecule has 21 heavy (non-hydrogen) atoms. The number of piperazine rings is 1. The van der Waals surface area contributed by atoms with Gasteiger partial charge in [0.05, 0.1) is 12.8 Å². The Morgan fingerprint density at radius 3 is 2.67 bits per heavy atom. The van der Waals surface area contributed by atoms with Gasteiger partial charge in [-0.3, -0.25) is 14.5 Å². The molecule has 0 unspecified atom stereocenters. The van der Waals surface area contributed by atoms with E-state index < -0.39 is 0 Å². The van der Waals surface area contributed by atoms with Crippen LogP contribution in [0.2, 0.25) is 0 Å². The zero-order valence-corrected chi connectivity index (χ0v) is 12.7. The van der Waals surface area contributed by atoms with Gasteiger partial charge in [-0.15, -0.1) is 0 Å². The van der Waals surface area contributed by atoms with Crippen molar-refractivity contribution in [2.24, 2.45) is 0 Å². The van der Waals surface area contributed by atoms with Crippen LogP contribution < -0.4 is 0 Å². The lowest BCUT2D eigenvalue weighted by atomic mass is 10.3. The van der Waals surface area contributed by atoms with Crippen LogP contribution in [0.4, 0.5) is 4.79 Å². The van der Waals surface area contributed by atoms with Crippen molar-refractivity contribution in [2.75, 3.05) is 45.0 Å². The minimum absolute atomic E-state index is 0.0276. The summed E-state index contributed by atoms with van der Waals surface area (Å²) in [6, 6.07) is 3.86. The molecule has 0 radical (unpaired) electrons. The summed E-state index contributed by atoms with van der Waals surface area (Å²) in [5.41, 5.74) is 0. The zero-order chi connectivity index (χ0) is 14.7. The van der Waals surface area contributed by atoms with Gasteiger partial charge < -0.3 is 14.2 Å². The number of amides is 2. The Labute approximate surface area is 128 Å². The highest BCUT2D eigenvalue weighted by atomic mass is 32.2. The zero-order valence-electron chi connectivity index (χ0n) is 11.9. The van der Waals surface area contributed by atoms with Gasteiger partial charge in [-0.1, -0.05) is 11.8 Å². The molecule has 6 nitrogen and oxygen atoms in total. The molecule has 2 aliphatic heterocycles. The molecule has 2 fully saturated rings. The lowest BCUT2D eigenvalue weighted by Gasteiger charge is -2.35. The van der Waals surface area contributed by atoms with E-state index in [9.17, 15) is 9.59 Å². The van der Waals surface area contributed by atoms with Gasteiger partial charge in [0.1, 0.15) is 12.3 Å². The smallest absolute Gasteiger partial charge is 0.282 e. The number of hydrogen-bond acceptors (Lipinski definition) is 5. The summed E-state index contributed by atoms with van der Waals surface area (Å²) in [6.07, 6.45) is 1.68. The molecule has 0 atom stereocenters. The maximum atomic E-state index is 12.2. The third-order valence-corrected chi connectivity index (χ3v) is 4.75. The summed E-state index contributed by atoms with van der Waals surface area (Å²) in [4.78, 5) is 29.5. The first-order valence-corrected chi connectivity index (χ1v) is 8.15. The highest BCUT2D eigenvalue weighted by molar-refractivity contribution is 8.13. The summed E-state index contributed by atoms with van der Waals surface area (Å²) < 4.78 is 5.34. The van der Waals surface area contributed by atoms with Crippen molar-refractivity contribution < 1.29 is 14.0 Å². The maximum absolute atomic E-state index is 12.2. The Kier molecular flexibility index (Phi) is 4.50. The Morgan fingerprint density at radius 2 is 2.05 bits per heavy atom. The van der Waals surface area contributed by atoms with Gasteiger partial charge in [0.25, 0.3) is 5.24 Å². The van der Waals surface area contributed by atoms with Crippen molar-refractivity contribution in [3.05, 3.63) is 24.2 Å². The van der Waals surface area contributed by atoms with Crippen LogP contribution in [-0.4, -0.2) is 70.9 Å². The van der Waals surface area contributed by atoms with Crippen LogP contribution in [0.5, 0.6) is 0 Å². The van der Waals surface area contributed by atoms with Crippen LogP contribution in [0, 0.1) is 0 Å². The second-order valence-corrected chi connectivity index (χ2v) is 6.32. The van der Waals surface area contributed by atoms with E-state index in [1.165, 1.54) is 11.8 Å². The summed E-state index contributed by atoms with van der Waals surface area (Å²) >= 11 is 1.29. The number of carbonyl (C=O) groups excluding carboxylic acids is 2. The largest absolute Gasteiger partial charge is 0.468 e. The maximum Gasteiger partial charge on any atom is 0.282 e. The third-order valence-electron chi connectivity index (χ3n) is 3.86. The van der Waals surface area contributed by atoms with E-state index in [2.05, 4.69) is 4.90 Å². The van der Waals surface area contributed by atoms with Crippen LogP contribution in [0.15, 0.2) is 22.8 Å². The summed E-state index contributed by atoms with van der Waals surface area (Å²) in [5, 5.41) is 0.0276. The van der Waals surface area contributed by atoms with Crippen LogP contribution >= 0.6 is 11.8 Å². The molecule has 0 N–H and O–H groups in total. The number of hydrogen-bond donors (Lipinski definition) is 0. The number of thioether (sulfide) groups is 1. The van der Waals surface area contributed by atoms with E-state index in [4.69, 9.17) is 4.42 Å². The molecule has 0 spiro atoms. The lowest BCUT2D eigenvalue weighted by Crippen LogP contribution is -2.50. The molecule has 7 heteroatoms. The second kappa shape index (κ2) is 6.53. The van der Waals surface area contributed by atoms with Crippen molar-refractivity contribution in [2.45, 2.75) is 6.54 Å². The number of rotatable bonds is 4. The van der Waals surface area contributed by atoms with Crippen LogP contribution in [-0.2, 0) is 11.3 Å². The van der Waals surface area contributed by atoms with E-state index in [1.54, 1.807) is 11.2 Å². The van der Waals surface area contributed by atoms with E-state index in [0.717, 1.165) is 31.1 Å². The molecule has 0 aliphatic carbocycles. The normalized spacial score (nSPS) is 20.3. The van der Waals surface area contributed by atoms with Gasteiger partial charge in [-0.05, 0) is 12.1 Å². The Bertz CT molecular complexity index is 498. The molecular weight excluding hydrogens is 290 g/mol. The molecular formula is C14H19N3O3S. The topological polar surface area (TPSA) is 57.0 Å². The highest BCUT2D eigenvalue weighted by Crippen LogP contribution is 2.17. The van der Waals surface area contributed by atoms with Crippen LogP contribution in [0.25, 0.3) is 0 Å². The molecule has 0 aromatic carbocycles. The van der Waals surface area contributed by atoms with E-state index in [0.29, 0.717) is 19.6 Å². The summed E-state index contributed by atoms with van der Waals surface area (Å²) in [6.45, 7) is 4.82. The number of furan rings is 1. The first-order chi connectivity index (χ1) is 10.2. The minimum atomic E-state index is 0.0276. The highest BCUT2D eigenvalue weighted by Gasteiger charge is 2.27. The van der Waals surface area contributed by atoms with Gasteiger partial charge in [-0.25, -0.2) is 0 Å². The minimum Gasteiger partial charge on any atom is -0.468 e. The molecule has 1 aromatic rings. The van der Waals surface area contributed by atoms with Crippen molar-refractivity contribution in [1.29, 1.82) is 0 Å². The van der Waals surface area contributed by atoms with Gasteiger partial charge in [0.2, 0.25) is 5.91 Å². The van der Waals surface area contributed by atoms with Crippen molar-refractivity contribution in [3.63, 3.8) is 0 Å². The molecule has 2 amide bonds. The van der Waals surface area contributed by atoms with Gasteiger partial charge in [-0.2, -0.15) is 0 Å². The Hall–Kier alpha value is -1.47. The average Bonchev–Trinajstić information content (AvgIpc) is 3.12. The van der Waals surface area contributed by atoms with Gasteiger partial charge >= 0.3 is 0 Å². The van der Waals surface area contributed by atoms with Gasteiger partial charge in [0.15, 0.2) is 0 Å². The fraction of sp³-hybridized carbons (Fsp3) is 0.571. The quantitative estimate of drug-likeness (QED) is 0.833. The van der Waals surface area contributed by atoms with Crippen molar-refractivity contribution in [3.8, 4) is 0 Å². The Balaban J connectivity index is 1.44. The molecule has 1 aromatic heterocycles. The first kappa shape index (κ1) is 14.5. The van der Waals surface area contributed by atoms with Crippen LogP contribution in [0.3, 0.4) is 0 Å². The molecule has 0 saturated carbocycles. The van der Waals surface area contributed by atoms with Crippen molar-refractivity contribution >= 4 is 22.9 Å². The van der Waals surface area contributed by atoms with E-state index in [-0.39, 0.29) is 17.7 Å². The number of carbonyl (C=O) groups is 2. The first-order valence-electron chi connectivity index (χ1n) is 7.16. The monoisotopic (exact) mass is 309 g/mol. The fourth-order valence-electron chi connectivity index (χ4n) is 2.61. The molecule has 3 rings (SSSR count). The van der Waals surface area contributed by atoms with E-state index in [1.807, 2.05) is 17.0 Å². The molecule has 114 valence electrons. The molecule has 2 saturated heterocycles. The van der Waals surface area contributed by atoms with Crippen molar-refractivity contribution in [1.82, 2.24) is 14.7 Å². The molecule has 2 aliphatic rings. The standard InChI is InChI=1S/C14H19N3O3S/c18-13(11-17-7-9-21-14(17)19)16-5-3-15(4-6-16)10-12-2-1-8-20-12/h1-2,8H,3-7,9-11H2. The summed E-state index contributed by atoms with van der Waals surface area (Å²) in [7, 11) is 0. The van der Waals surface area contributed by atoms with Gasteiger partial charge in [0, 0.05) is 38.5 Å². The van der Waals surface area contributed by atoms with Crippen LogP contribution in [0.1, 0.15) is 5.76 Å². The second-order valence-electron chi connectivity index (χ2n) is 5.27.